The van der Waals surface area contributed by atoms with Gasteiger partial charge in [0.2, 0.25) is 0 Å². The lowest BCUT2D eigenvalue weighted by Crippen LogP contribution is -2.48. The largest absolute Gasteiger partial charge is 0.368 e. The first kappa shape index (κ1) is 18.5. The molecule has 0 atom stereocenters. The maximum atomic E-state index is 12.9. The Kier molecular flexibility index (Phi) is 6.10. The average molecular weight is 384 g/mol. The number of benzene rings is 1. The summed E-state index contributed by atoms with van der Waals surface area (Å²) in [7, 11) is 0. The summed E-state index contributed by atoms with van der Waals surface area (Å²) in [5, 5.41) is 0. The van der Waals surface area contributed by atoms with Crippen LogP contribution in [0.4, 0.5) is 5.69 Å². The molecule has 0 radical (unpaired) electrons. The molecule has 144 valence electrons. The summed E-state index contributed by atoms with van der Waals surface area (Å²) in [6, 6.07) is 14.7. The topological polar surface area (TPSA) is 26.8 Å². The van der Waals surface area contributed by atoms with Crippen LogP contribution in [-0.2, 0) is 6.54 Å². The van der Waals surface area contributed by atoms with E-state index in [1.807, 2.05) is 17.0 Å². The van der Waals surface area contributed by atoms with Gasteiger partial charge in [0.1, 0.15) is 0 Å². The number of anilines is 1. The molecule has 1 aromatic heterocycles. The third kappa shape index (κ3) is 4.71. The Bertz CT molecular complexity index is 729. The molecule has 1 amide bonds. The number of thiophene rings is 1. The summed E-state index contributed by atoms with van der Waals surface area (Å²) in [6.45, 7) is 6.80. The highest BCUT2D eigenvalue weighted by molar-refractivity contribution is 7.14. The van der Waals surface area contributed by atoms with E-state index >= 15 is 0 Å². The van der Waals surface area contributed by atoms with Gasteiger partial charge in [0.05, 0.1) is 4.88 Å². The van der Waals surface area contributed by atoms with Gasteiger partial charge in [0.15, 0.2) is 0 Å². The predicted octanol–water partition coefficient (Wildman–Crippen LogP) is 4.09. The number of amides is 1. The molecular weight excluding hydrogens is 354 g/mol. The first-order valence-corrected chi connectivity index (χ1v) is 11.0. The fourth-order valence-corrected chi connectivity index (χ4v) is 5.07. The molecule has 4 rings (SSSR count). The van der Waals surface area contributed by atoms with Crippen LogP contribution < -0.4 is 4.90 Å². The summed E-state index contributed by atoms with van der Waals surface area (Å²) in [4.78, 5) is 22.1. The lowest BCUT2D eigenvalue weighted by molar-refractivity contribution is 0.0751. The van der Waals surface area contributed by atoms with Gasteiger partial charge in [-0.05, 0) is 50.2 Å². The Balaban J connectivity index is 1.32. The minimum absolute atomic E-state index is 0.204. The van der Waals surface area contributed by atoms with Gasteiger partial charge in [0, 0.05) is 43.3 Å². The molecular formula is C22H29N3OS. The molecule has 0 saturated carbocycles. The molecule has 5 heteroatoms. The second kappa shape index (κ2) is 8.89. The van der Waals surface area contributed by atoms with Crippen molar-refractivity contribution in [1.29, 1.82) is 0 Å². The van der Waals surface area contributed by atoms with Crippen molar-refractivity contribution >= 4 is 22.9 Å². The highest BCUT2D eigenvalue weighted by Gasteiger charge is 2.23. The number of hydrogen-bond donors (Lipinski definition) is 0. The van der Waals surface area contributed by atoms with Gasteiger partial charge in [-0.15, -0.1) is 11.3 Å². The quantitative estimate of drug-likeness (QED) is 0.796. The van der Waals surface area contributed by atoms with E-state index in [2.05, 4.69) is 40.1 Å². The molecule has 0 N–H and O–H groups in total. The molecule has 2 fully saturated rings. The van der Waals surface area contributed by atoms with Crippen LogP contribution >= 0.6 is 11.3 Å². The van der Waals surface area contributed by atoms with Crippen LogP contribution in [0.25, 0.3) is 0 Å². The van der Waals surface area contributed by atoms with Gasteiger partial charge in [-0.2, -0.15) is 0 Å². The Morgan fingerprint density at radius 2 is 1.52 bits per heavy atom. The number of hydrogen-bond acceptors (Lipinski definition) is 4. The SMILES string of the molecule is O=C(c1ccc(CN2CCCCCC2)s1)N1CCN(c2ccccc2)CC1. The first-order chi connectivity index (χ1) is 13.3. The third-order valence-corrected chi connectivity index (χ3v) is 6.70. The number of carbonyl (C=O) groups excluding carboxylic acids is 1. The minimum atomic E-state index is 0.204. The molecule has 0 unspecified atom stereocenters. The van der Waals surface area contributed by atoms with E-state index in [1.54, 1.807) is 11.3 Å². The molecule has 2 aromatic rings. The Morgan fingerprint density at radius 3 is 2.22 bits per heavy atom. The van der Waals surface area contributed by atoms with Crippen molar-refractivity contribution in [2.75, 3.05) is 44.2 Å². The van der Waals surface area contributed by atoms with Crippen molar-refractivity contribution in [1.82, 2.24) is 9.80 Å². The van der Waals surface area contributed by atoms with Gasteiger partial charge in [-0.3, -0.25) is 9.69 Å². The van der Waals surface area contributed by atoms with Gasteiger partial charge in [-0.1, -0.05) is 31.0 Å². The van der Waals surface area contributed by atoms with Crippen LogP contribution in [0.15, 0.2) is 42.5 Å². The van der Waals surface area contributed by atoms with Crippen molar-refractivity contribution in [3.8, 4) is 0 Å². The molecule has 4 nitrogen and oxygen atoms in total. The van der Waals surface area contributed by atoms with Crippen molar-refractivity contribution in [2.24, 2.45) is 0 Å². The van der Waals surface area contributed by atoms with E-state index < -0.39 is 0 Å². The standard InChI is InChI=1S/C22H29N3OS/c26-22(25-16-14-24(15-17-25)19-8-4-3-5-9-19)21-11-10-20(27-21)18-23-12-6-1-2-7-13-23/h3-5,8-11H,1-2,6-7,12-18H2. The summed E-state index contributed by atoms with van der Waals surface area (Å²) in [5.41, 5.74) is 1.25. The molecule has 2 aliphatic heterocycles. The van der Waals surface area contributed by atoms with Crippen LogP contribution in [0.5, 0.6) is 0 Å². The number of nitrogens with zero attached hydrogens (tertiary/aromatic N) is 3. The second-order valence-corrected chi connectivity index (χ2v) is 8.74. The van der Waals surface area contributed by atoms with Gasteiger partial charge in [-0.25, -0.2) is 0 Å². The zero-order chi connectivity index (χ0) is 18.5. The smallest absolute Gasteiger partial charge is 0.264 e. The molecule has 0 spiro atoms. The van der Waals surface area contributed by atoms with Gasteiger partial charge < -0.3 is 9.80 Å². The molecule has 27 heavy (non-hydrogen) atoms. The highest BCUT2D eigenvalue weighted by Crippen LogP contribution is 2.23. The summed E-state index contributed by atoms with van der Waals surface area (Å²) < 4.78 is 0. The van der Waals surface area contributed by atoms with Crippen molar-refractivity contribution < 1.29 is 4.79 Å². The maximum Gasteiger partial charge on any atom is 0.264 e. The lowest BCUT2D eigenvalue weighted by atomic mass is 10.2. The fraction of sp³-hybridized carbons (Fsp3) is 0.500. The Labute approximate surface area is 166 Å². The van der Waals surface area contributed by atoms with Crippen LogP contribution in [0.2, 0.25) is 0 Å². The summed E-state index contributed by atoms with van der Waals surface area (Å²) >= 11 is 1.69. The van der Waals surface area contributed by atoms with E-state index in [0.717, 1.165) is 37.6 Å². The van der Waals surface area contributed by atoms with Crippen molar-refractivity contribution in [3.63, 3.8) is 0 Å². The normalized spacial score (nSPS) is 19.1. The zero-order valence-electron chi connectivity index (χ0n) is 16.0. The number of likely N-dealkylation sites (tertiary alicyclic amines) is 1. The molecule has 2 saturated heterocycles. The fourth-order valence-electron chi connectivity index (χ4n) is 4.05. The first-order valence-electron chi connectivity index (χ1n) is 10.2. The molecule has 1 aromatic carbocycles. The van der Waals surface area contributed by atoms with Crippen LogP contribution in [-0.4, -0.2) is 55.0 Å². The predicted molar refractivity (Wildman–Crippen MR) is 113 cm³/mol. The maximum absolute atomic E-state index is 12.9. The number of carbonyl (C=O) groups is 1. The minimum Gasteiger partial charge on any atom is -0.368 e. The molecule has 0 bridgehead atoms. The van der Waals surface area contributed by atoms with Gasteiger partial charge >= 0.3 is 0 Å². The Hall–Kier alpha value is -1.85. The van der Waals surface area contributed by atoms with E-state index in [1.165, 1.54) is 49.3 Å². The monoisotopic (exact) mass is 383 g/mol. The average Bonchev–Trinajstić information content (AvgIpc) is 3.03. The van der Waals surface area contributed by atoms with Crippen LogP contribution in [0.3, 0.4) is 0 Å². The Morgan fingerprint density at radius 1 is 0.815 bits per heavy atom. The van der Waals surface area contributed by atoms with Crippen LogP contribution in [0.1, 0.15) is 40.2 Å². The van der Waals surface area contributed by atoms with Gasteiger partial charge in [0.25, 0.3) is 5.91 Å². The molecule has 0 aliphatic carbocycles. The van der Waals surface area contributed by atoms with E-state index in [4.69, 9.17) is 0 Å². The highest BCUT2D eigenvalue weighted by atomic mass is 32.1. The zero-order valence-corrected chi connectivity index (χ0v) is 16.8. The van der Waals surface area contributed by atoms with Crippen molar-refractivity contribution in [2.45, 2.75) is 32.2 Å². The summed E-state index contributed by atoms with van der Waals surface area (Å²) in [6.07, 6.45) is 5.34. The molecule has 2 aliphatic rings. The van der Waals surface area contributed by atoms with Crippen molar-refractivity contribution in [3.05, 3.63) is 52.2 Å². The van der Waals surface area contributed by atoms with Crippen LogP contribution in [0, 0.1) is 0 Å². The third-order valence-electron chi connectivity index (χ3n) is 5.64. The van der Waals surface area contributed by atoms with E-state index in [9.17, 15) is 4.79 Å². The number of para-hydroxylation sites is 1. The van der Waals surface area contributed by atoms with E-state index in [0.29, 0.717) is 0 Å². The van der Waals surface area contributed by atoms with E-state index in [-0.39, 0.29) is 5.91 Å². The number of piperazine rings is 1. The second-order valence-electron chi connectivity index (χ2n) is 7.57. The number of rotatable bonds is 4. The lowest BCUT2D eigenvalue weighted by Gasteiger charge is -2.36. The molecule has 3 heterocycles. The summed E-state index contributed by atoms with van der Waals surface area (Å²) in [5.74, 6) is 0.204.